The van der Waals surface area contributed by atoms with E-state index in [-0.39, 0.29) is 28.8 Å². The second-order valence-electron chi connectivity index (χ2n) is 11.9. The van der Waals surface area contributed by atoms with Gasteiger partial charge in [0.1, 0.15) is 5.84 Å². The molecule has 2 aliphatic rings. The third-order valence-electron chi connectivity index (χ3n) is 5.61. The van der Waals surface area contributed by atoms with E-state index in [0.717, 1.165) is 19.5 Å². The SMILES string of the molecule is CN(CC(=O)O)CC1CC2=C(C(C)(C)C)C(C(C)(C)C)N=C(C(C)(C)C)N2C1. The number of carboxylic acid groups (broad SMARTS) is 1. The molecule has 28 heavy (non-hydrogen) atoms. The number of likely N-dealkylation sites (N-methyl/N-ethyl adjacent to an activating group) is 1. The summed E-state index contributed by atoms with van der Waals surface area (Å²) in [4.78, 5) is 20.8. The molecule has 0 aliphatic carbocycles. The number of aliphatic imine (C=N–C) groups is 1. The molecule has 0 aromatic carbocycles. The summed E-state index contributed by atoms with van der Waals surface area (Å²) in [6.07, 6.45) is 0.998. The van der Waals surface area contributed by atoms with Crippen LogP contribution in [0.25, 0.3) is 0 Å². The van der Waals surface area contributed by atoms with E-state index < -0.39 is 5.97 Å². The van der Waals surface area contributed by atoms with Crippen LogP contribution in [-0.4, -0.2) is 59.4 Å². The number of rotatable bonds is 4. The molecule has 160 valence electrons. The van der Waals surface area contributed by atoms with E-state index in [1.807, 2.05) is 11.9 Å². The number of aliphatic carboxylic acids is 1. The van der Waals surface area contributed by atoms with Gasteiger partial charge in [-0.2, -0.15) is 0 Å². The maximum atomic E-state index is 11.1. The van der Waals surface area contributed by atoms with Crippen LogP contribution in [0.3, 0.4) is 0 Å². The maximum absolute atomic E-state index is 11.1. The molecular formula is C23H41N3O2. The Bertz CT molecular complexity index is 671. The van der Waals surface area contributed by atoms with Crippen LogP contribution in [0.4, 0.5) is 0 Å². The molecule has 2 heterocycles. The second-order valence-corrected chi connectivity index (χ2v) is 11.9. The van der Waals surface area contributed by atoms with Crippen LogP contribution in [0.15, 0.2) is 16.3 Å². The molecule has 2 unspecified atom stereocenters. The maximum Gasteiger partial charge on any atom is 0.317 e. The quantitative estimate of drug-likeness (QED) is 0.767. The van der Waals surface area contributed by atoms with Crippen molar-refractivity contribution in [2.24, 2.45) is 27.2 Å². The van der Waals surface area contributed by atoms with Crippen molar-refractivity contribution in [2.75, 3.05) is 26.7 Å². The first-order chi connectivity index (χ1) is 12.5. The van der Waals surface area contributed by atoms with Gasteiger partial charge in [-0.05, 0) is 35.8 Å². The lowest BCUT2D eigenvalue weighted by Gasteiger charge is -2.45. The van der Waals surface area contributed by atoms with Gasteiger partial charge >= 0.3 is 5.97 Å². The first-order valence-corrected chi connectivity index (χ1v) is 10.5. The van der Waals surface area contributed by atoms with Crippen molar-refractivity contribution in [3.63, 3.8) is 0 Å². The van der Waals surface area contributed by atoms with Crippen molar-refractivity contribution in [3.8, 4) is 0 Å². The average Bonchev–Trinajstić information content (AvgIpc) is 2.83. The molecule has 1 fully saturated rings. The molecule has 5 nitrogen and oxygen atoms in total. The fourth-order valence-corrected chi connectivity index (χ4v) is 4.63. The molecule has 1 saturated heterocycles. The third-order valence-corrected chi connectivity index (χ3v) is 5.61. The minimum Gasteiger partial charge on any atom is -0.480 e. The standard InChI is InChI=1S/C23H41N3O2/c1-21(2,3)18-16-11-15(12-25(10)14-17(27)28)13-26(16)20(23(7,8)9)24-19(18)22(4,5)6/h15,19H,11-14H2,1-10H3,(H,27,28). The zero-order valence-corrected chi connectivity index (χ0v) is 19.7. The van der Waals surface area contributed by atoms with Gasteiger partial charge in [0.2, 0.25) is 0 Å². The van der Waals surface area contributed by atoms with Gasteiger partial charge in [0.15, 0.2) is 0 Å². The van der Waals surface area contributed by atoms with Crippen LogP contribution >= 0.6 is 0 Å². The number of amidine groups is 1. The van der Waals surface area contributed by atoms with Gasteiger partial charge in [-0.25, -0.2) is 0 Å². The van der Waals surface area contributed by atoms with Crippen molar-refractivity contribution < 1.29 is 9.90 Å². The molecule has 2 rings (SSSR count). The van der Waals surface area contributed by atoms with Crippen molar-refractivity contribution in [1.29, 1.82) is 0 Å². The van der Waals surface area contributed by atoms with Crippen LogP contribution in [-0.2, 0) is 4.79 Å². The molecular weight excluding hydrogens is 350 g/mol. The number of carboxylic acids is 1. The highest BCUT2D eigenvalue weighted by molar-refractivity contribution is 5.90. The van der Waals surface area contributed by atoms with Crippen LogP contribution < -0.4 is 0 Å². The summed E-state index contributed by atoms with van der Waals surface area (Å²) in [5, 5.41) is 9.11. The summed E-state index contributed by atoms with van der Waals surface area (Å²) in [6, 6.07) is 0.170. The molecule has 2 atom stereocenters. The minimum atomic E-state index is -0.766. The molecule has 0 aromatic heterocycles. The lowest BCUT2D eigenvalue weighted by atomic mass is 9.70. The number of fused-ring (bicyclic) bond motifs is 1. The molecule has 1 N–H and O–H groups in total. The number of carbonyl (C=O) groups is 1. The first kappa shape index (κ1) is 22.9. The molecule has 0 radical (unpaired) electrons. The van der Waals surface area contributed by atoms with Crippen molar-refractivity contribution in [3.05, 3.63) is 11.3 Å². The highest BCUT2D eigenvalue weighted by Crippen LogP contribution is 2.48. The van der Waals surface area contributed by atoms with E-state index in [9.17, 15) is 4.79 Å². The lowest BCUT2D eigenvalue weighted by molar-refractivity contribution is -0.138. The number of hydrogen-bond donors (Lipinski definition) is 1. The van der Waals surface area contributed by atoms with Gasteiger partial charge < -0.3 is 10.0 Å². The Balaban J connectivity index is 2.49. The Labute approximate surface area is 171 Å². The minimum absolute atomic E-state index is 0.0278. The summed E-state index contributed by atoms with van der Waals surface area (Å²) >= 11 is 0. The topological polar surface area (TPSA) is 56.1 Å². The van der Waals surface area contributed by atoms with Crippen LogP contribution in [0.5, 0.6) is 0 Å². The fraction of sp³-hybridized carbons (Fsp3) is 0.826. The Kier molecular flexibility index (Phi) is 6.12. The summed E-state index contributed by atoms with van der Waals surface area (Å²) in [7, 11) is 1.90. The summed E-state index contributed by atoms with van der Waals surface area (Å²) in [5.41, 5.74) is 2.95. The molecule has 0 spiro atoms. The van der Waals surface area contributed by atoms with E-state index in [1.54, 1.807) is 0 Å². The van der Waals surface area contributed by atoms with Gasteiger partial charge in [-0.1, -0.05) is 62.3 Å². The van der Waals surface area contributed by atoms with Gasteiger partial charge in [0, 0.05) is 24.2 Å². The van der Waals surface area contributed by atoms with Crippen LogP contribution in [0.1, 0.15) is 68.7 Å². The van der Waals surface area contributed by atoms with Gasteiger partial charge in [-0.3, -0.25) is 14.7 Å². The van der Waals surface area contributed by atoms with Gasteiger partial charge in [-0.15, -0.1) is 0 Å². The smallest absolute Gasteiger partial charge is 0.317 e. The molecule has 0 saturated carbocycles. The van der Waals surface area contributed by atoms with E-state index >= 15 is 0 Å². The van der Waals surface area contributed by atoms with Crippen LogP contribution in [0.2, 0.25) is 0 Å². The van der Waals surface area contributed by atoms with E-state index in [2.05, 4.69) is 67.2 Å². The van der Waals surface area contributed by atoms with E-state index in [0.29, 0.717) is 5.92 Å². The molecule has 0 bridgehead atoms. The lowest BCUT2D eigenvalue weighted by Crippen LogP contribution is -2.47. The highest BCUT2D eigenvalue weighted by Gasteiger charge is 2.46. The van der Waals surface area contributed by atoms with E-state index in [4.69, 9.17) is 10.1 Å². The van der Waals surface area contributed by atoms with Crippen molar-refractivity contribution >= 4 is 11.8 Å². The van der Waals surface area contributed by atoms with Gasteiger partial charge in [0.25, 0.3) is 0 Å². The third kappa shape index (κ3) is 4.97. The Morgan fingerprint density at radius 2 is 1.68 bits per heavy atom. The summed E-state index contributed by atoms with van der Waals surface area (Å²) in [6.45, 7) is 22.3. The molecule has 2 aliphatic heterocycles. The first-order valence-electron chi connectivity index (χ1n) is 10.5. The van der Waals surface area contributed by atoms with Crippen molar-refractivity contribution in [2.45, 2.75) is 74.8 Å². The molecule has 5 heteroatoms. The monoisotopic (exact) mass is 391 g/mol. The predicted octanol–water partition coefficient (Wildman–Crippen LogP) is 4.50. The molecule has 0 amide bonds. The van der Waals surface area contributed by atoms with Crippen molar-refractivity contribution in [1.82, 2.24) is 9.80 Å². The number of hydrogen-bond acceptors (Lipinski definition) is 4. The highest BCUT2D eigenvalue weighted by atomic mass is 16.4. The Morgan fingerprint density at radius 1 is 1.11 bits per heavy atom. The number of allylic oxidation sites excluding steroid dienone is 1. The Morgan fingerprint density at radius 3 is 2.11 bits per heavy atom. The normalized spacial score (nSPS) is 24.0. The zero-order chi connectivity index (χ0) is 21.7. The fourth-order valence-electron chi connectivity index (χ4n) is 4.63. The van der Waals surface area contributed by atoms with Gasteiger partial charge in [0.05, 0.1) is 12.6 Å². The molecule has 0 aromatic rings. The number of nitrogens with zero attached hydrogens (tertiary/aromatic N) is 3. The largest absolute Gasteiger partial charge is 0.480 e. The van der Waals surface area contributed by atoms with E-state index in [1.165, 1.54) is 17.1 Å². The van der Waals surface area contributed by atoms with Crippen LogP contribution in [0, 0.1) is 22.2 Å². The second kappa shape index (κ2) is 7.47. The summed E-state index contributed by atoms with van der Waals surface area (Å²) < 4.78 is 0. The predicted molar refractivity (Wildman–Crippen MR) is 117 cm³/mol. The summed E-state index contributed by atoms with van der Waals surface area (Å²) in [5.74, 6) is 0.833. The average molecular weight is 392 g/mol. The Hall–Kier alpha value is -1.36. The zero-order valence-electron chi connectivity index (χ0n) is 19.7.